The van der Waals surface area contributed by atoms with Crippen LogP contribution in [0, 0.1) is 20.8 Å². The van der Waals surface area contributed by atoms with Gasteiger partial charge in [0, 0.05) is 17.7 Å². The molecule has 0 saturated heterocycles. The number of tetrazole rings is 1. The van der Waals surface area contributed by atoms with E-state index in [1.165, 1.54) is 6.33 Å². The smallest absolute Gasteiger partial charge is 0.224 e. The fraction of sp³-hybridized carbons (Fsp3) is 0.312. The zero-order chi connectivity index (χ0) is 17.1. The van der Waals surface area contributed by atoms with Gasteiger partial charge in [0.05, 0.1) is 11.4 Å². The van der Waals surface area contributed by atoms with Gasteiger partial charge in [0.25, 0.3) is 0 Å². The minimum atomic E-state index is -0.0680. The molecule has 8 heteroatoms. The zero-order valence-corrected chi connectivity index (χ0v) is 13.8. The van der Waals surface area contributed by atoms with Crippen molar-refractivity contribution < 1.29 is 9.32 Å². The molecule has 8 nitrogen and oxygen atoms in total. The van der Waals surface area contributed by atoms with E-state index >= 15 is 0 Å². The molecule has 0 aliphatic rings. The molecule has 0 bridgehead atoms. The Bertz CT molecular complexity index is 834. The fourth-order valence-corrected chi connectivity index (χ4v) is 2.53. The predicted octanol–water partition coefficient (Wildman–Crippen LogP) is 2.15. The van der Waals surface area contributed by atoms with Gasteiger partial charge >= 0.3 is 0 Å². The van der Waals surface area contributed by atoms with Gasteiger partial charge in [-0.1, -0.05) is 11.2 Å². The summed E-state index contributed by atoms with van der Waals surface area (Å²) in [7, 11) is 0. The number of aryl methyl sites for hydroxylation is 3. The molecule has 0 aliphatic carbocycles. The van der Waals surface area contributed by atoms with Gasteiger partial charge in [0.2, 0.25) is 5.91 Å². The minimum absolute atomic E-state index is 0.0680. The molecule has 2 aromatic heterocycles. The van der Waals surface area contributed by atoms with Crippen molar-refractivity contribution in [2.24, 2.45) is 0 Å². The van der Waals surface area contributed by atoms with Gasteiger partial charge < -0.3 is 9.84 Å². The number of hydrogen-bond acceptors (Lipinski definition) is 6. The zero-order valence-electron chi connectivity index (χ0n) is 13.8. The molecule has 0 saturated carbocycles. The minimum Gasteiger partial charge on any atom is -0.361 e. The van der Waals surface area contributed by atoms with Crippen molar-refractivity contribution in [3.05, 3.63) is 47.1 Å². The lowest BCUT2D eigenvalue weighted by atomic mass is 10.1. The molecule has 24 heavy (non-hydrogen) atoms. The van der Waals surface area contributed by atoms with E-state index in [-0.39, 0.29) is 5.91 Å². The Hall–Kier alpha value is -3.03. The fourth-order valence-electron chi connectivity index (χ4n) is 2.53. The van der Waals surface area contributed by atoms with Crippen molar-refractivity contribution in [2.75, 3.05) is 5.32 Å². The monoisotopic (exact) mass is 326 g/mol. The van der Waals surface area contributed by atoms with Gasteiger partial charge in [-0.3, -0.25) is 4.79 Å². The van der Waals surface area contributed by atoms with Crippen LogP contribution in [0.25, 0.3) is 5.69 Å². The molecule has 1 N–H and O–H groups in total. The van der Waals surface area contributed by atoms with Crippen molar-refractivity contribution in [3.8, 4) is 5.69 Å². The number of anilines is 1. The summed E-state index contributed by atoms with van der Waals surface area (Å²) in [5.74, 6) is 0.693. The van der Waals surface area contributed by atoms with Crippen LogP contribution in [0.1, 0.15) is 29.0 Å². The van der Waals surface area contributed by atoms with E-state index in [1.54, 1.807) is 4.68 Å². The topological polar surface area (TPSA) is 98.7 Å². The third-order valence-corrected chi connectivity index (χ3v) is 3.87. The summed E-state index contributed by atoms with van der Waals surface area (Å²) in [4.78, 5) is 12.2. The Kier molecular flexibility index (Phi) is 4.37. The summed E-state index contributed by atoms with van der Waals surface area (Å²) < 4.78 is 6.68. The van der Waals surface area contributed by atoms with Gasteiger partial charge in [-0.25, -0.2) is 4.68 Å². The lowest BCUT2D eigenvalue weighted by Gasteiger charge is -2.09. The third kappa shape index (κ3) is 3.32. The Labute approximate surface area is 138 Å². The normalized spacial score (nSPS) is 10.8. The van der Waals surface area contributed by atoms with Crippen molar-refractivity contribution >= 4 is 11.6 Å². The summed E-state index contributed by atoms with van der Waals surface area (Å²) in [6, 6.07) is 5.62. The Morgan fingerprint density at radius 1 is 1.29 bits per heavy atom. The van der Waals surface area contributed by atoms with Gasteiger partial charge in [0.15, 0.2) is 0 Å². The van der Waals surface area contributed by atoms with E-state index < -0.39 is 0 Å². The van der Waals surface area contributed by atoms with Gasteiger partial charge in [-0.2, -0.15) is 0 Å². The molecular formula is C16H18N6O2. The molecule has 0 radical (unpaired) electrons. The second-order valence-electron chi connectivity index (χ2n) is 5.61. The van der Waals surface area contributed by atoms with E-state index in [0.717, 1.165) is 28.3 Å². The quantitative estimate of drug-likeness (QED) is 0.771. The number of aromatic nitrogens is 5. The Balaban J connectivity index is 1.68. The van der Waals surface area contributed by atoms with Crippen molar-refractivity contribution in [1.82, 2.24) is 25.4 Å². The van der Waals surface area contributed by atoms with Crippen LogP contribution >= 0.6 is 0 Å². The summed E-state index contributed by atoms with van der Waals surface area (Å²) in [6.45, 7) is 5.69. The second kappa shape index (κ2) is 6.61. The largest absolute Gasteiger partial charge is 0.361 e. The van der Waals surface area contributed by atoms with Crippen molar-refractivity contribution in [2.45, 2.75) is 33.6 Å². The number of benzene rings is 1. The van der Waals surface area contributed by atoms with Crippen molar-refractivity contribution in [1.29, 1.82) is 0 Å². The number of carbonyl (C=O) groups is 1. The molecular weight excluding hydrogens is 308 g/mol. The maximum absolute atomic E-state index is 12.2. The van der Waals surface area contributed by atoms with Crippen LogP contribution in [0.4, 0.5) is 5.69 Å². The SMILES string of the molecule is Cc1ccc(NC(=O)CCc2c(C)noc2C)cc1-n1cnnn1. The van der Waals surface area contributed by atoms with E-state index in [9.17, 15) is 4.79 Å². The molecule has 3 aromatic rings. The van der Waals surface area contributed by atoms with Gasteiger partial charge in [0.1, 0.15) is 12.1 Å². The van der Waals surface area contributed by atoms with Gasteiger partial charge in [-0.05, 0) is 55.3 Å². The predicted molar refractivity (Wildman–Crippen MR) is 86.8 cm³/mol. The van der Waals surface area contributed by atoms with Gasteiger partial charge in [-0.15, -0.1) is 5.10 Å². The summed E-state index contributed by atoms with van der Waals surface area (Å²) in [5, 5.41) is 18.0. The number of hydrogen-bond donors (Lipinski definition) is 1. The van der Waals surface area contributed by atoms with E-state index in [1.807, 2.05) is 39.0 Å². The van der Waals surface area contributed by atoms with Crippen LogP contribution in [0.2, 0.25) is 0 Å². The first-order valence-electron chi connectivity index (χ1n) is 7.60. The standard InChI is InChI=1S/C16H18N6O2/c1-10-4-5-13(8-15(10)22-9-17-20-21-22)18-16(23)7-6-14-11(2)19-24-12(14)3/h4-5,8-9H,6-7H2,1-3H3,(H,18,23). The number of carbonyl (C=O) groups excluding carboxylic acids is 1. The van der Waals surface area contributed by atoms with Crippen LogP contribution in [-0.4, -0.2) is 31.3 Å². The van der Waals surface area contributed by atoms with E-state index in [2.05, 4.69) is 26.0 Å². The van der Waals surface area contributed by atoms with Crippen LogP contribution in [0.3, 0.4) is 0 Å². The van der Waals surface area contributed by atoms with E-state index in [4.69, 9.17) is 4.52 Å². The summed E-state index contributed by atoms with van der Waals surface area (Å²) in [6.07, 6.45) is 2.47. The first-order chi connectivity index (χ1) is 11.5. The van der Waals surface area contributed by atoms with Crippen LogP contribution in [0.15, 0.2) is 29.0 Å². The molecule has 2 heterocycles. The molecule has 0 aliphatic heterocycles. The average Bonchev–Trinajstić information content (AvgIpc) is 3.18. The molecule has 0 unspecified atom stereocenters. The highest BCUT2D eigenvalue weighted by Gasteiger charge is 2.12. The highest BCUT2D eigenvalue weighted by molar-refractivity contribution is 5.91. The molecule has 1 amide bonds. The van der Waals surface area contributed by atoms with Crippen molar-refractivity contribution in [3.63, 3.8) is 0 Å². The first-order valence-corrected chi connectivity index (χ1v) is 7.60. The Morgan fingerprint density at radius 3 is 2.79 bits per heavy atom. The molecule has 3 rings (SSSR count). The first kappa shape index (κ1) is 15.9. The molecule has 1 aromatic carbocycles. The molecule has 0 atom stereocenters. The Morgan fingerprint density at radius 2 is 2.12 bits per heavy atom. The maximum atomic E-state index is 12.2. The number of nitrogens with one attached hydrogen (secondary N) is 1. The highest BCUT2D eigenvalue weighted by atomic mass is 16.5. The highest BCUT2D eigenvalue weighted by Crippen LogP contribution is 2.19. The van der Waals surface area contributed by atoms with Crippen LogP contribution in [0.5, 0.6) is 0 Å². The van der Waals surface area contributed by atoms with E-state index in [0.29, 0.717) is 18.5 Å². The third-order valence-electron chi connectivity index (χ3n) is 3.87. The maximum Gasteiger partial charge on any atom is 0.224 e. The molecule has 0 fully saturated rings. The number of rotatable bonds is 5. The average molecular weight is 326 g/mol. The number of amides is 1. The lowest BCUT2D eigenvalue weighted by molar-refractivity contribution is -0.116. The number of nitrogens with zero attached hydrogens (tertiary/aromatic N) is 5. The van der Waals surface area contributed by atoms with Crippen LogP contribution < -0.4 is 5.32 Å². The second-order valence-corrected chi connectivity index (χ2v) is 5.61. The summed E-state index contributed by atoms with van der Waals surface area (Å²) >= 11 is 0. The lowest BCUT2D eigenvalue weighted by Crippen LogP contribution is -2.13. The molecule has 0 spiro atoms. The van der Waals surface area contributed by atoms with Crippen LogP contribution in [-0.2, 0) is 11.2 Å². The summed E-state index contributed by atoms with van der Waals surface area (Å²) in [5.41, 5.74) is 4.36. The molecule has 124 valence electrons.